The van der Waals surface area contributed by atoms with Crippen molar-refractivity contribution in [3.63, 3.8) is 0 Å². The maximum absolute atomic E-state index is 12.3. The molecule has 26 heavy (non-hydrogen) atoms. The topological polar surface area (TPSA) is 68.5 Å². The van der Waals surface area contributed by atoms with Crippen LogP contribution in [0.3, 0.4) is 0 Å². The Kier molecular flexibility index (Phi) is 6.19. The van der Waals surface area contributed by atoms with Crippen LogP contribution in [0.2, 0.25) is 0 Å². The monoisotopic (exact) mass is 375 g/mol. The van der Waals surface area contributed by atoms with Gasteiger partial charge in [0.2, 0.25) is 5.91 Å². The van der Waals surface area contributed by atoms with Crippen molar-refractivity contribution in [1.82, 2.24) is 15.1 Å². The molecule has 1 aliphatic rings. The van der Waals surface area contributed by atoms with Crippen molar-refractivity contribution in [2.24, 2.45) is 5.92 Å². The first-order chi connectivity index (χ1) is 12.5. The number of carbonyl (C=O) groups excluding carboxylic acids is 1. The summed E-state index contributed by atoms with van der Waals surface area (Å²) in [6.45, 7) is 8.16. The van der Waals surface area contributed by atoms with E-state index >= 15 is 0 Å². The molecule has 0 unspecified atom stereocenters. The van der Waals surface area contributed by atoms with Crippen LogP contribution >= 0.6 is 11.8 Å². The molecule has 0 saturated carbocycles. The Morgan fingerprint density at radius 2 is 2.08 bits per heavy atom. The van der Waals surface area contributed by atoms with Crippen molar-refractivity contribution < 1.29 is 13.9 Å². The predicted octanol–water partition coefficient (Wildman–Crippen LogP) is 3.62. The van der Waals surface area contributed by atoms with E-state index in [-0.39, 0.29) is 12.5 Å². The normalized spacial score (nSPS) is 15.3. The van der Waals surface area contributed by atoms with Crippen LogP contribution in [-0.4, -0.2) is 39.8 Å². The standard InChI is InChI=1S/C19H25N3O3S/c1-13-6-8-22(9-7-13)18(23)12-26-19-21-20-17(25-19)11-24-16-10-14(2)4-5-15(16)3/h4-5,10,13H,6-9,11-12H2,1-3H3. The van der Waals surface area contributed by atoms with Crippen LogP contribution < -0.4 is 4.74 Å². The van der Waals surface area contributed by atoms with Crippen molar-refractivity contribution in [2.75, 3.05) is 18.8 Å². The van der Waals surface area contributed by atoms with Gasteiger partial charge in [0, 0.05) is 13.1 Å². The highest BCUT2D eigenvalue weighted by molar-refractivity contribution is 7.99. The second kappa shape index (κ2) is 8.58. The van der Waals surface area contributed by atoms with E-state index in [0.29, 0.717) is 22.8 Å². The van der Waals surface area contributed by atoms with Gasteiger partial charge in [0.1, 0.15) is 5.75 Å². The molecular weight excluding hydrogens is 350 g/mol. The SMILES string of the molecule is Cc1ccc(C)c(OCc2nnc(SCC(=O)N3CCC(C)CC3)o2)c1. The fourth-order valence-electron chi connectivity index (χ4n) is 2.83. The lowest BCUT2D eigenvalue weighted by molar-refractivity contribution is -0.129. The number of likely N-dealkylation sites (tertiary alicyclic amines) is 1. The molecule has 1 amide bonds. The molecule has 1 aromatic carbocycles. The predicted molar refractivity (Wildman–Crippen MR) is 100 cm³/mol. The zero-order chi connectivity index (χ0) is 18.5. The van der Waals surface area contributed by atoms with Gasteiger partial charge in [-0.05, 0) is 49.8 Å². The van der Waals surface area contributed by atoms with Gasteiger partial charge in [-0.2, -0.15) is 0 Å². The van der Waals surface area contributed by atoms with Gasteiger partial charge in [0.05, 0.1) is 5.75 Å². The summed E-state index contributed by atoms with van der Waals surface area (Å²) in [5.41, 5.74) is 2.20. The Balaban J connectivity index is 1.47. The number of hydrogen-bond acceptors (Lipinski definition) is 6. The molecule has 3 rings (SSSR count). The third kappa shape index (κ3) is 5.00. The Bertz CT molecular complexity index is 754. The highest BCUT2D eigenvalue weighted by atomic mass is 32.2. The van der Waals surface area contributed by atoms with Gasteiger partial charge in [0.15, 0.2) is 6.61 Å². The number of carbonyl (C=O) groups is 1. The molecule has 0 aliphatic carbocycles. The van der Waals surface area contributed by atoms with Crippen LogP contribution in [0, 0.1) is 19.8 Å². The van der Waals surface area contributed by atoms with E-state index in [2.05, 4.69) is 17.1 Å². The van der Waals surface area contributed by atoms with Crippen LogP contribution in [0.1, 0.15) is 36.8 Å². The van der Waals surface area contributed by atoms with Gasteiger partial charge in [0.25, 0.3) is 11.1 Å². The minimum Gasteiger partial charge on any atom is -0.484 e. The molecule has 2 heterocycles. The van der Waals surface area contributed by atoms with Crippen LogP contribution in [0.15, 0.2) is 27.8 Å². The number of amides is 1. The van der Waals surface area contributed by atoms with E-state index in [9.17, 15) is 4.79 Å². The number of aryl methyl sites for hydroxylation is 2. The lowest BCUT2D eigenvalue weighted by Crippen LogP contribution is -2.38. The van der Waals surface area contributed by atoms with Crippen molar-refractivity contribution in [1.29, 1.82) is 0 Å². The number of hydrogen-bond donors (Lipinski definition) is 0. The number of aromatic nitrogens is 2. The van der Waals surface area contributed by atoms with Crippen molar-refractivity contribution in [3.8, 4) is 5.75 Å². The fourth-order valence-corrected chi connectivity index (χ4v) is 3.51. The molecule has 1 aliphatic heterocycles. The number of thioether (sulfide) groups is 1. The van der Waals surface area contributed by atoms with Crippen molar-refractivity contribution in [2.45, 2.75) is 45.4 Å². The third-order valence-electron chi connectivity index (χ3n) is 4.60. The summed E-state index contributed by atoms with van der Waals surface area (Å²) in [6.07, 6.45) is 2.16. The minimum atomic E-state index is 0.133. The van der Waals surface area contributed by atoms with Gasteiger partial charge in [-0.15, -0.1) is 10.2 Å². The molecule has 0 atom stereocenters. The summed E-state index contributed by atoms with van der Waals surface area (Å²) in [6, 6.07) is 6.05. The molecule has 2 aromatic rings. The van der Waals surface area contributed by atoms with E-state index in [0.717, 1.165) is 42.8 Å². The van der Waals surface area contributed by atoms with Gasteiger partial charge >= 0.3 is 0 Å². The number of ether oxygens (including phenoxy) is 1. The maximum Gasteiger partial charge on any atom is 0.277 e. The lowest BCUT2D eigenvalue weighted by atomic mass is 9.99. The molecule has 0 radical (unpaired) electrons. The molecule has 0 N–H and O–H groups in total. The summed E-state index contributed by atoms with van der Waals surface area (Å²) in [5, 5.41) is 8.40. The zero-order valence-corrected chi connectivity index (χ0v) is 16.3. The Hall–Kier alpha value is -2.02. The highest BCUT2D eigenvalue weighted by Gasteiger charge is 2.21. The van der Waals surface area contributed by atoms with E-state index in [1.807, 2.05) is 36.9 Å². The Labute approximate surface area is 158 Å². The highest BCUT2D eigenvalue weighted by Crippen LogP contribution is 2.22. The second-order valence-electron chi connectivity index (χ2n) is 6.87. The summed E-state index contributed by atoms with van der Waals surface area (Å²) < 4.78 is 11.3. The van der Waals surface area contributed by atoms with E-state index < -0.39 is 0 Å². The van der Waals surface area contributed by atoms with E-state index in [1.165, 1.54) is 11.8 Å². The summed E-state index contributed by atoms with van der Waals surface area (Å²) in [5.74, 6) is 2.39. The molecule has 1 aromatic heterocycles. The van der Waals surface area contributed by atoms with Gasteiger partial charge in [-0.25, -0.2) is 0 Å². The average Bonchev–Trinajstić information content (AvgIpc) is 3.09. The van der Waals surface area contributed by atoms with Crippen LogP contribution in [0.5, 0.6) is 5.75 Å². The smallest absolute Gasteiger partial charge is 0.277 e. The van der Waals surface area contributed by atoms with Gasteiger partial charge < -0.3 is 14.1 Å². The maximum atomic E-state index is 12.3. The molecule has 7 heteroatoms. The quantitative estimate of drug-likeness (QED) is 0.719. The number of rotatable bonds is 6. The van der Waals surface area contributed by atoms with Crippen LogP contribution in [-0.2, 0) is 11.4 Å². The Morgan fingerprint density at radius 3 is 2.85 bits per heavy atom. The first-order valence-corrected chi connectivity index (χ1v) is 9.93. The summed E-state index contributed by atoms with van der Waals surface area (Å²) in [4.78, 5) is 14.2. The summed E-state index contributed by atoms with van der Waals surface area (Å²) in [7, 11) is 0. The molecule has 0 spiro atoms. The number of piperidine rings is 1. The number of nitrogens with zero attached hydrogens (tertiary/aromatic N) is 3. The Morgan fingerprint density at radius 1 is 1.31 bits per heavy atom. The lowest BCUT2D eigenvalue weighted by Gasteiger charge is -2.30. The summed E-state index contributed by atoms with van der Waals surface area (Å²) >= 11 is 1.28. The number of benzene rings is 1. The molecule has 1 saturated heterocycles. The van der Waals surface area contributed by atoms with E-state index in [1.54, 1.807) is 0 Å². The first kappa shape index (κ1) is 18.8. The van der Waals surface area contributed by atoms with Crippen LogP contribution in [0.4, 0.5) is 0 Å². The second-order valence-corrected chi connectivity index (χ2v) is 7.80. The van der Waals surface area contributed by atoms with Gasteiger partial charge in [-0.1, -0.05) is 30.8 Å². The van der Waals surface area contributed by atoms with Crippen molar-refractivity contribution in [3.05, 3.63) is 35.2 Å². The minimum absolute atomic E-state index is 0.133. The van der Waals surface area contributed by atoms with E-state index in [4.69, 9.17) is 9.15 Å². The van der Waals surface area contributed by atoms with Crippen molar-refractivity contribution >= 4 is 17.7 Å². The fraction of sp³-hybridized carbons (Fsp3) is 0.526. The van der Waals surface area contributed by atoms with Crippen LogP contribution in [0.25, 0.3) is 0 Å². The molecule has 1 fully saturated rings. The molecular formula is C19H25N3O3S. The molecule has 140 valence electrons. The molecule has 6 nitrogen and oxygen atoms in total. The largest absolute Gasteiger partial charge is 0.484 e. The third-order valence-corrected chi connectivity index (χ3v) is 5.40. The van der Waals surface area contributed by atoms with Gasteiger partial charge in [-0.3, -0.25) is 4.79 Å². The zero-order valence-electron chi connectivity index (χ0n) is 15.5. The first-order valence-electron chi connectivity index (χ1n) is 8.94. The average molecular weight is 375 g/mol. The molecule has 0 bridgehead atoms.